The Hall–Kier alpha value is -1.95. The van der Waals surface area contributed by atoms with Crippen molar-refractivity contribution >= 4 is 53.0 Å². The van der Waals surface area contributed by atoms with Crippen LogP contribution in [-0.2, 0) is 17.9 Å². The number of rotatable bonds is 7. The number of primary amides is 1. The van der Waals surface area contributed by atoms with E-state index in [1.165, 1.54) is 4.88 Å². The summed E-state index contributed by atoms with van der Waals surface area (Å²) in [7, 11) is 0. The fourth-order valence-electron chi connectivity index (χ4n) is 3.62. The van der Waals surface area contributed by atoms with E-state index in [0.29, 0.717) is 13.1 Å². The molecule has 1 fully saturated rings. The first-order valence-corrected chi connectivity index (χ1v) is 11.2. The number of halogens is 1. The van der Waals surface area contributed by atoms with E-state index in [1.807, 2.05) is 19.9 Å². The summed E-state index contributed by atoms with van der Waals surface area (Å²) in [4.78, 5) is 28.7. The van der Waals surface area contributed by atoms with Gasteiger partial charge >= 0.3 is 0 Å². The molecule has 0 radical (unpaired) electrons. The molecule has 2 aromatic rings. The standard InChI is InChI=1S/C21H31N7OS.HI/c1-4-23-21(26-13-18-14(2)27-15(3)30-18)25-12-17-6-5-9-24-20(17)28-10-7-16(8-11-28)19(22)29;/h5-6,9,16H,4,7-8,10-13H2,1-3H3,(H2,22,29)(H2,23,25,26);1H. The van der Waals surface area contributed by atoms with Crippen molar-refractivity contribution < 1.29 is 4.79 Å². The van der Waals surface area contributed by atoms with Crippen molar-refractivity contribution in [1.29, 1.82) is 0 Å². The van der Waals surface area contributed by atoms with Crippen molar-refractivity contribution in [1.82, 2.24) is 20.6 Å². The van der Waals surface area contributed by atoms with Gasteiger partial charge in [-0.1, -0.05) is 6.07 Å². The van der Waals surface area contributed by atoms with Crippen molar-refractivity contribution in [3.8, 4) is 0 Å². The molecule has 3 heterocycles. The van der Waals surface area contributed by atoms with Crippen LogP contribution in [0.1, 0.15) is 40.9 Å². The Bertz CT molecular complexity index is 894. The third kappa shape index (κ3) is 7.03. The van der Waals surface area contributed by atoms with Crippen LogP contribution in [0, 0.1) is 19.8 Å². The number of pyridine rings is 1. The van der Waals surface area contributed by atoms with E-state index in [9.17, 15) is 4.79 Å². The third-order valence-corrected chi connectivity index (χ3v) is 6.30. The Morgan fingerprint density at radius 3 is 2.68 bits per heavy atom. The van der Waals surface area contributed by atoms with Gasteiger partial charge in [0.2, 0.25) is 5.91 Å². The highest BCUT2D eigenvalue weighted by atomic mass is 127. The van der Waals surface area contributed by atoms with E-state index in [4.69, 9.17) is 10.7 Å². The minimum Gasteiger partial charge on any atom is -0.369 e. The number of aliphatic imine (C=N–C) groups is 1. The van der Waals surface area contributed by atoms with Gasteiger partial charge < -0.3 is 21.3 Å². The van der Waals surface area contributed by atoms with Gasteiger partial charge in [0.05, 0.1) is 23.8 Å². The van der Waals surface area contributed by atoms with E-state index in [2.05, 4.69) is 38.5 Å². The van der Waals surface area contributed by atoms with Crippen LogP contribution in [0.5, 0.6) is 0 Å². The monoisotopic (exact) mass is 557 g/mol. The van der Waals surface area contributed by atoms with E-state index in [-0.39, 0.29) is 35.8 Å². The summed E-state index contributed by atoms with van der Waals surface area (Å²) in [6, 6.07) is 4.00. The average Bonchev–Trinajstić information content (AvgIpc) is 3.07. The van der Waals surface area contributed by atoms with Crippen LogP contribution in [-0.4, -0.2) is 41.5 Å². The third-order valence-electron chi connectivity index (χ3n) is 5.23. The molecule has 0 bridgehead atoms. The molecule has 0 aromatic carbocycles. The minimum atomic E-state index is -0.201. The molecule has 0 saturated carbocycles. The molecule has 2 aromatic heterocycles. The lowest BCUT2D eigenvalue weighted by Gasteiger charge is -2.32. The predicted octanol–water partition coefficient (Wildman–Crippen LogP) is 2.73. The van der Waals surface area contributed by atoms with Crippen molar-refractivity contribution in [2.24, 2.45) is 16.6 Å². The first-order chi connectivity index (χ1) is 14.5. The molecular formula is C21H32IN7OS. The Balaban J connectivity index is 0.00000341. The van der Waals surface area contributed by atoms with Crippen molar-refractivity contribution in [2.75, 3.05) is 24.5 Å². The summed E-state index contributed by atoms with van der Waals surface area (Å²) in [5.74, 6) is 1.47. The molecule has 8 nitrogen and oxygen atoms in total. The van der Waals surface area contributed by atoms with Gasteiger partial charge in [0.15, 0.2) is 5.96 Å². The van der Waals surface area contributed by atoms with Gasteiger partial charge in [-0.05, 0) is 39.7 Å². The SMILES string of the molecule is CCNC(=NCc1cccnc1N1CCC(C(N)=O)CC1)NCc1sc(C)nc1C.I. The quantitative estimate of drug-likeness (QED) is 0.275. The van der Waals surface area contributed by atoms with Crippen LogP contribution >= 0.6 is 35.3 Å². The van der Waals surface area contributed by atoms with Crippen LogP contribution in [0.2, 0.25) is 0 Å². The summed E-state index contributed by atoms with van der Waals surface area (Å²) >= 11 is 1.71. The number of nitrogens with two attached hydrogens (primary N) is 1. The number of aryl methyl sites for hydroxylation is 2. The van der Waals surface area contributed by atoms with Crippen molar-refractivity contribution in [3.05, 3.63) is 39.5 Å². The van der Waals surface area contributed by atoms with Gasteiger partial charge in [0.1, 0.15) is 5.82 Å². The van der Waals surface area contributed by atoms with E-state index in [0.717, 1.165) is 60.5 Å². The van der Waals surface area contributed by atoms with Crippen LogP contribution in [0.3, 0.4) is 0 Å². The number of nitrogens with zero attached hydrogens (tertiary/aromatic N) is 4. The maximum atomic E-state index is 11.4. The largest absolute Gasteiger partial charge is 0.369 e. The second-order valence-electron chi connectivity index (χ2n) is 7.44. The summed E-state index contributed by atoms with van der Waals surface area (Å²) < 4.78 is 0. The van der Waals surface area contributed by atoms with E-state index >= 15 is 0 Å². The molecule has 1 aliphatic heterocycles. The summed E-state index contributed by atoms with van der Waals surface area (Å²) in [6.45, 7) is 9.68. The maximum absolute atomic E-state index is 11.4. The smallest absolute Gasteiger partial charge is 0.220 e. The summed E-state index contributed by atoms with van der Waals surface area (Å²) in [5.41, 5.74) is 7.60. The lowest BCUT2D eigenvalue weighted by molar-refractivity contribution is -0.122. The van der Waals surface area contributed by atoms with Crippen LogP contribution in [0.15, 0.2) is 23.3 Å². The zero-order valence-corrected chi connectivity index (χ0v) is 21.5. The lowest BCUT2D eigenvalue weighted by Crippen LogP contribution is -2.39. The molecule has 1 saturated heterocycles. The van der Waals surface area contributed by atoms with Gasteiger partial charge in [-0.15, -0.1) is 35.3 Å². The number of thiazole rings is 1. The number of carbonyl (C=O) groups excluding carboxylic acids is 1. The molecule has 0 aliphatic carbocycles. The number of piperidine rings is 1. The first-order valence-electron chi connectivity index (χ1n) is 10.4. The molecule has 10 heteroatoms. The van der Waals surface area contributed by atoms with Crippen LogP contribution in [0.25, 0.3) is 0 Å². The maximum Gasteiger partial charge on any atom is 0.220 e. The summed E-state index contributed by atoms with van der Waals surface area (Å²) in [6.07, 6.45) is 3.35. The fraction of sp³-hybridized carbons (Fsp3) is 0.524. The summed E-state index contributed by atoms with van der Waals surface area (Å²) in [5, 5.41) is 7.78. The Morgan fingerprint density at radius 1 is 1.32 bits per heavy atom. The number of nitrogens with one attached hydrogen (secondary N) is 2. The van der Waals surface area contributed by atoms with Crippen LogP contribution < -0.4 is 21.3 Å². The highest BCUT2D eigenvalue weighted by Crippen LogP contribution is 2.25. The Morgan fingerprint density at radius 2 is 2.06 bits per heavy atom. The second-order valence-corrected chi connectivity index (χ2v) is 8.73. The van der Waals surface area contributed by atoms with E-state index < -0.39 is 0 Å². The van der Waals surface area contributed by atoms with E-state index in [1.54, 1.807) is 17.5 Å². The molecule has 1 aliphatic rings. The second kappa shape index (κ2) is 12.2. The zero-order chi connectivity index (χ0) is 21.5. The molecule has 4 N–H and O–H groups in total. The predicted molar refractivity (Wildman–Crippen MR) is 137 cm³/mol. The van der Waals surface area contributed by atoms with Crippen molar-refractivity contribution in [3.63, 3.8) is 0 Å². The van der Waals surface area contributed by atoms with Gasteiger partial charge in [-0.25, -0.2) is 15.0 Å². The van der Waals surface area contributed by atoms with Crippen LogP contribution in [0.4, 0.5) is 5.82 Å². The van der Waals surface area contributed by atoms with Gasteiger partial charge in [0, 0.05) is 42.2 Å². The molecule has 0 spiro atoms. The zero-order valence-electron chi connectivity index (χ0n) is 18.4. The molecule has 3 rings (SSSR count). The molecular weight excluding hydrogens is 525 g/mol. The van der Waals surface area contributed by atoms with Gasteiger partial charge in [-0.3, -0.25) is 4.79 Å². The molecule has 1 amide bonds. The van der Waals surface area contributed by atoms with Crippen molar-refractivity contribution in [2.45, 2.75) is 46.7 Å². The molecule has 0 atom stereocenters. The minimum absolute atomic E-state index is 0. The lowest BCUT2D eigenvalue weighted by atomic mass is 9.96. The normalized spacial score (nSPS) is 14.8. The van der Waals surface area contributed by atoms with Gasteiger partial charge in [-0.2, -0.15) is 0 Å². The number of guanidine groups is 1. The number of hydrogen-bond acceptors (Lipinski definition) is 6. The number of hydrogen-bond donors (Lipinski definition) is 3. The first kappa shape index (κ1) is 25.3. The molecule has 0 unspecified atom stereocenters. The number of anilines is 1. The highest BCUT2D eigenvalue weighted by Gasteiger charge is 2.24. The average molecular weight is 558 g/mol. The number of aromatic nitrogens is 2. The highest BCUT2D eigenvalue weighted by molar-refractivity contribution is 14.0. The Kier molecular flexibility index (Phi) is 9.94. The molecule has 170 valence electrons. The fourth-order valence-corrected chi connectivity index (χ4v) is 4.50. The number of amides is 1. The molecule has 31 heavy (non-hydrogen) atoms. The Labute approximate surface area is 205 Å². The van der Waals surface area contributed by atoms with Gasteiger partial charge in [0.25, 0.3) is 0 Å². The topological polar surface area (TPSA) is 109 Å². The number of carbonyl (C=O) groups is 1.